The van der Waals surface area contributed by atoms with Gasteiger partial charge < -0.3 is 5.32 Å². The first-order chi connectivity index (χ1) is 6.79. The summed E-state index contributed by atoms with van der Waals surface area (Å²) in [6.45, 7) is 1.08. The van der Waals surface area contributed by atoms with Gasteiger partial charge in [0.1, 0.15) is 0 Å². The molecule has 2 rings (SSSR count). The van der Waals surface area contributed by atoms with Crippen LogP contribution in [0.5, 0.6) is 0 Å². The molecule has 1 fully saturated rings. The molecule has 0 aliphatic carbocycles. The Hall–Kier alpha value is 0.0500. The van der Waals surface area contributed by atoms with Gasteiger partial charge in [0.2, 0.25) is 0 Å². The standard InChI is InChI=1S/C11H13Cl2N.ClH/c12-9-5-3-4-8(11(9)13)10-6-1-2-7-14-10;/h3-5,10,14H,1-2,6-7H2;1H/t10-;/m1./s1. The van der Waals surface area contributed by atoms with Crippen molar-refractivity contribution in [2.24, 2.45) is 0 Å². The summed E-state index contributed by atoms with van der Waals surface area (Å²) < 4.78 is 0. The van der Waals surface area contributed by atoms with Gasteiger partial charge >= 0.3 is 0 Å². The molecular weight excluding hydrogens is 252 g/mol. The molecule has 1 aliphatic rings. The predicted molar refractivity (Wildman–Crippen MR) is 68.3 cm³/mol. The number of rotatable bonds is 1. The highest BCUT2D eigenvalue weighted by Gasteiger charge is 2.17. The maximum absolute atomic E-state index is 6.15. The second-order valence-electron chi connectivity index (χ2n) is 3.65. The van der Waals surface area contributed by atoms with Crippen molar-refractivity contribution in [3.05, 3.63) is 33.8 Å². The van der Waals surface area contributed by atoms with Crippen molar-refractivity contribution in [1.29, 1.82) is 0 Å². The van der Waals surface area contributed by atoms with E-state index in [9.17, 15) is 0 Å². The van der Waals surface area contributed by atoms with Crippen molar-refractivity contribution < 1.29 is 0 Å². The Morgan fingerprint density at radius 1 is 1.20 bits per heavy atom. The van der Waals surface area contributed by atoms with Gasteiger partial charge in [-0.05, 0) is 31.0 Å². The molecule has 0 spiro atoms. The highest BCUT2D eigenvalue weighted by Crippen LogP contribution is 2.33. The van der Waals surface area contributed by atoms with E-state index < -0.39 is 0 Å². The molecule has 84 valence electrons. The normalized spacial score (nSPS) is 20.8. The summed E-state index contributed by atoms with van der Waals surface area (Å²) in [6.07, 6.45) is 3.68. The number of nitrogens with one attached hydrogen (secondary N) is 1. The van der Waals surface area contributed by atoms with Gasteiger partial charge in [-0.3, -0.25) is 0 Å². The Morgan fingerprint density at radius 3 is 2.67 bits per heavy atom. The molecule has 0 radical (unpaired) electrons. The average molecular weight is 267 g/mol. The first-order valence-electron chi connectivity index (χ1n) is 4.96. The van der Waals surface area contributed by atoms with Crippen molar-refractivity contribution in [2.45, 2.75) is 25.3 Å². The van der Waals surface area contributed by atoms with Crippen LogP contribution in [0.15, 0.2) is 18.2 Å². The number of piperidine rings is 1. The van der Waals surface area contributed by atoms with Crippen LogP contribution in [0.3, 0.4) is 0 Å². The van der Waals surface area contributed by atoms with E-state index in [0.717, 1.165) is 18.5 Å². The Labute approximate surface area is 107 Å². The topological polar surface area (TPSA) is 12.0 Å². The Kier molecular flexibility index (Phi) is 5.20. The lowest BCUT2D eigenvalue weighted by Gasteiger charge is -2.24. The molecule has 1 saturated heterocycles. The highest BCUT2D eigenvalue weighted by molar-refractivity contribution is 6.42. The number of benzene rings is 1. The number of halogens is 3. The van der Waals surface area contributed by atoms with Gasteiger partial charge in [-0.25, -0.2) is 0 Å². The predicted octanol–water partition coefficient (Wildman–Crippen LogP) is 4.23. The van der Waals surface area contributed by atoms with Crippen molar-refractivity contribution in [2.75, 3.05) is 6.54 Å². The zero-order valence-corrected chi connectivity index (χ0v) is 10.6. The van der Waals surface area contributed by atoms with E-state index >= 15 is 0 Å². The van der Waals surface area contributed by atoms with Crippen molar-refractivity contribution in [1.82, 2.24) is 5.32 Å². The van der Waals surface area contributed by atoms with E-state index in [2.05, 4.69) is 11.4 Å². The Balaban J connectivity index is 0.00000112. The summed E-state index contributed by atoms with van der Waals surface area (Å²) >= 11 is 12.1. The Morgan fingerprint density at radius 2 is 2.00 bits per heavy atom. The van der Waals surface area contributed by atoms with Crippen molar-refractivity contribution in [3.8, 4) is 0 Å². The molecular formula is C11H14Cl3N. The average Bonchev–Trinajstić information content (AvgIpc) is 2.23. The SMILES string of the molecule is Cl.Clc1cccc([C@H]2CCCCN2)c1Cl. The van der Waals surface area contributed by atoms with Crippen LogP contribution in [0.2, 0.25) is 10.0 Å². The quantitative estimate of drug-likeness (QED) is 0.802. The summed E-state index contributed by atoms with van der Waals surface area (Å²) in [7, 11) is 0. The molecule has 0 saturated carbocycles. The van der Waals surface area contributed by atoms with Gasteiger partial charge in [-0.15, -0.1) is 12.4 Å². The van der Waals surface area contributed by atoms with Crippen LogP contribution in [-0.2, 0) is 0 Å². The summed E-state index contributed by atoms with van der Waals surface area (Å²) in [5, 5.41) is 4.81. The van der Waals surface area contributed by atoms with Crippen LogP contribution >= 0.6 is 35.6 Å². The van der Waals surface area contributed by atoms with E-state index in [0.29, 0.717) is 16.1 Å². The van der Waals surface area contributed by atoms with E-state index in [-0.39, 0.29) is 12.4 Å². The molecule has 15 heavy (non-hydrogen) atoms. The highest BCUT2D eigenvalue weighted by atomic mass is 35.5. The van der Waals surface area contributed by atoms with E-state index in [1.54, 1.807) is 0 Å². The molecule has 1 N–H and O–H groups in total. The lowest BCUT2D eigenvalue weighted by Crippen LogP contribution is -2.26. The fourth-order valence-corrected chi connectivity index (χ4v) is 2.35. The van der Waals surface area contributed by atoms with Gasteiger partial charge in [0.25, 0.3) is 0 Å². The molecule has 1 aromatic carbocycles. The van der Waals surface area contributed by atoms with E-state index in [1.165, 1.54) is 12.8 Å². The zero-order chi connectivity index (χ0) is 9.97. The van der Waals surface area contributed by atoms with Crippen molar-refractivity contribution >= 4 is 35.6 Å². The molecule has 1 heterocycles. The van der Waals surface area contributed by atoms with Crippen molar-refractivity contribution in [3.63, 3.8) is 0 Å². The largest absolute Gasteiger partial charge is 0.310 e. The van der Waals surface area contributed by atoms with Gasteiger partial charge in [0.05, 0.1) is 10.0 Å². The minimum absolute atomic E-state index is 0. The first-order valence-corrected chi connectivity index (χ1v) is 5.72. The molecule has 1 atom stereocenters. The minimum atomic E-state index is 0. The number of hydrogen-bond acceptors (Lipinski definition) is 1. The zero-order valence-electron chi connectivity index (χ0n) is 8.30. The second-order valence-corrected chi connectivity index (χ2v) is 4.43. The summed E-state index contributed by atoms with van der Waals surface area (Å²) in [5.74, 6) is 0. The molecule has 1 aromatic rings. The van der Waals surface area contributed by atoms with E-state index in [4.69, 9.17) is 23.2 Å². The molecule has 0 unspecified atom stereocenters. The first kappa shape index (κ1) is 13.1. The summed E-state index contributed by atoms with van der Waals surface area (Å²) in [4.78, 5) is 0. The van der Waals surface area contributed by atoms with Gasteiger partial charge in [0.15, 0.2) is 0 Å². The van der Waals surface area contributed by atoms with Crippen LogP contribution < -0.4 is 5.32 Å². The maximum Gasteiger partial charge on any atom is 0.0640 e. The maximum atomic E-state index is 6.15. The second kappa shape index (κ2) is 5.95. The Bertz CT molecular complexity index is 322. The van der Waals surface area contributed by atoms with Gasteiger partial charge in [-0.2, -0.15) is 0 Å². The monoisotopic (exact) mass is 265 g/mol. The van der Waals surface area contributed by atoms with Crippen LogP contribution in [0.25, 0.3) is 0 Å². The minimum Gasteiger partial charge on any atom is -0.310 e. The molecule has 0 bridgehead atoms. The van der Waals surface area contributed by atoms with Crippen LogP contribution in [0, 0.1) is 0 Å². The van der Waals surface area contributed by atoms with E-state index in [1.807, 2.05) is 12.1 Å². The van der Waals surface area contributed by atoms with Crippen LogP contribution in [-0.4, -0.2) is 6.54 Å². The van der Waals surface area contributed by atoms with Crippen LogP contribution in [0.4, 0.5) is 0 Å². The molecule has 0 aromatic heterocycles. The molecule has 0 amide bonds. The number of hydrogen-bond donors (Lipinski definition) is 1. The van der Waals surface area contributed by atoms with Crippen LogP contribution in [0.1, 0.15) is 30.9 Å². The molecule has 1 aliphatic heterocycles. The third kappa shape index (κ3) is 3.01. The van der Waals surface area contributed by atoms with Gasteiger partial charge in [-0.1, -0.05) is 41.8 Å². The lowest BCUT2D eigenvalue weighted by atomic mass is 9.97. The molecule has 1 nitrogen and oxygen atoms in total. The third-order valence-corrected chi connectivity index (χ3v) is 3.50. The molecule has 4 heteroatoms. The smallest absolute Gasteiger partial charge is 0.0640 e. The lowest BCUT2D eigenvalue weighted by molar-refractivity contribution is 0.412. The summed E-state index contributed by atoms with van der Waals surface area (Å²) in [5.41, 5.74) is 1.14. The fraction of sp³-hybridized carbons (Fsp3) is 0.455. The third-order valence-electron chi connectivity index (χ3n) is 2.67. The summed E-state index contributed by atoms with van der Waals surface area (Å²) in [6, 6.07) is 6.22. The van der Waals surface area contributed by atoms with Gasteiger partial charge in [0, 0.05) is 6.04 Å². The fourth-order valence-electron chi connectivity index (χ4n) is 1.91.